The van der Waals surface area contributed by atoms with E-state index in [-0.39, 0.29) is 5.91 Å². The molecule has 0 atom stereocenters. The molecule has 3 rings (SSSR count). The Labute approximate surface area is 208 Å². The second-order valence-corrected chi connectivity index (χ2v) is 10.8. The number of methoxy groups -OCH3 is 1. The Morgan fingerprint density at radius 3 is 2.09 bits per heavy atom. The molecule has 0 bridgehead atoms. The molecule has 7 heteroatoms. The summed E-state index contributed by atoms with van der Waals surface area (Å²) in [6.07, 6.45) is 12.6. The van der Waals surface area contributed by atoms with Gasteiger partial charge in [-0.05, 0) is 121 Å². The monoisotopic (exact) mass is 480 g/mol. The number of hydrogen-bond donors (Lipinski definition) is 2. The van der Waals surface area contributed by atoms with Crippen LogP contribution in [0.15, 0.2) is 0 Å². The molecule has 0 saturated carbocycles. The van der Waals surface area contributed by atoms with Crippen LogP contribution in [0.4, 0.5) is 0 Å². The molecule has 0 aromatic carbocycles. The fourth-order valence-electron chi connectivity index (χ4n) is 5.98. The summed E-state index contributed by atoms with van der Waals surface area (Å²) >= 11 is 0. The van der Waals surface area contributed by atoms with Gasteiger partial charge in [-0.15, -0.1) is 0 Å². The minimum atomic E-state index is 0.107. The first-order valence-electron chi connectivity index (χ1n) is 14.2. The molecule has 0 aliphatic carbocycles. The standard InChI is InChI=1S/C27H52N4O3/c1-33-21-22-34-20-11-27(32)29-23-24-7-16-30(17-8-24)14-3-2-4-15-31-18-9-26(10-19-31)25-5-12-28-13-6-25/h24-26,28H,2-23H2,1H3,(H,29,32). The van der Waals surface area contributed by atoms with Crippen LogP contribution in [-0.2, 0) is 14.3 Å². The van der Waals surface area contributed by atoms with Crippen LogP contribution in [0.2, 0.25) is 0 Å². The summed E-state index contributed by atoms with van der Waals surface area (Å²) in [6, 6.07) is 0. The first kappa shape index (κ1) is 27.9. The van der Waals surface area contributed by atoms with E-state index in [9.17, 15) is 4.79 Å². The van der Waals surface area contributed by atoms with Crippen LogP contribution in [0.3, 0.4) is 0 Å². The zero-order valence-corrected chi connectivity index (χ0v) is 21.9. The zero-order valence-electron chi connectivity index (χ0n) is 21.9. The maximum absolute atomic E-state index is 11.9. The molecule has 3 saturated heterocycles. The fourth-order valence-corrected chi connectivity index (χ4v) is 5.98. The van der Waals surface area contributed by atoms with E-state index in [1.165, 1.54) is 110 Å². The highest BCUT2D eigenvalue weighted by Gasteiger charge is 2.27. The highest BCUT2D eigenvalue weighted by molar-refractivity contribution is 5.75. The largest absolute Gasteiger partial charge is 0.382 e. The smallest absolute Gasteiger partial charge is 0.222 e. The molecule has 0 aromatic heterocycles. The second-order valence-electron chi connectivity index (χ2n) is 10.8. The van der Waals surface area contributed by atoms with Gasteiger partial charge < -0.3 is 29.9 Å². The Hall–Kier alpha value is -0.730. The van der Waals surface area contributed by atoms with E-state index < -0.39 is 0 Å². The van der Waals surface area contributed by atoms with E-state index in [1.54, 1.807) is 7.11 Å². The summed E-state index contributed by atoms with van der Waals surface area (Å²) < 4.78 is 10.3. The molecule has 3 heterocycles. The maximum atomic E-state index is 11.9. The topological polar surface area (TPSA) is 66.1 Å². The van der Waals surface area contributed by atoms with Gasteiger partial charge in [-0.3, -0.25) is 4.79 Å². The third kappa shape index (κ3) is 10.9. The SMILES string of the molecule is COCCOCCC(=O)NCC1CCN(CCCCCN2CCC(C3CCNCC3)CC2)CC1. The lowest BCUT2D eigenvalue weighted by Crippen LogP contribution is -2.40. The lowest BCUT2D eigenvalue weighted by atomic mass is 9.79. The summed E-state index contributed by atoms with van der Waals surface area (Å²) in [6.45, 7) is 12.5. The Morgan fingerprint density at radius 2 is 1.44 bits per heavy atom. The van der Waals surface area contributed by atoms with E-state index in [2.05, 4.69) is 20.4 Å². The van der Waals surface area contributed by atoms with E-state index in [0.717, 1.165) is 18.4 Å². The van der Waals surface area contributed by atoms with Crippen molar-refractivity contribution in [3.05, 3.63) is 0 Å². The number of rotatable bonds is 15. The van der Waals surface area contributed by atoms with Crippen LogP contribution in [0.1, 0.15) is 64.2 Å². The van der Waals surface area contributed by atoms with Crippen LogP contribution in [0.5, 0.6) is 0 Å². The van der Waals surface area contributed by atoms with Crippen LogP contribution >= 0.6 is 0 Å². The van der Waals surface area contributed by atoms with Gasteiger partial charge in [-0.25, -0.2) is 0 Å². The van der Waals surface area contributed by atoms with Crippen molar-refractivity contribution in [2.24, 2.45) is 17.8 Å². The maximum Gasteiger partial charge on any atom is 0.222 e. The van der Waals surface area contributed by atoms with E-state index in [0.29, 0.717) is 32.2 Å². The lowest BCUT2D eigenvalue weighted by Gasteiger charge is -2.37. The van der Waals surface area contributed by atoms with Gasteiger partial charge in [0.05, 0.1) is 19.8 Å². The Balaban J connectivity index is 1.12. The van der Waals surface area contributed by atoms with Gasteiger partial charge in [-0.1, -0.05) is 6.42 Å². The van der Waals surface area contributed by atoms with Gasteiger partial charge in [0.2, 0.25) is 5.91 Å². The third-order valence-corrected chi connectivity index (χ3v) is 8.33. The predicted octanol–water partition coefficient (Wildman–Crippen LogP) is 2.75. The first-order valence-corrected chi connectivity index (χ1v) is 14.2. The summed E-state index contributed by atoms with van der Waals surface area (Å²) in [7, 11) is 1.65. The normalized spacial score (nSPS) is 22.3. The number of ether oxygens (including phenoxy) is 2. The Bertz CT molecular complexity index is 528. The molecule has 0 aromatic rings. The van der Waals surface area contributed by atoms with Crippen molar-refractivity contribution in [1.29, 1.82) is 0 Å². The molecular formula is C27H52N4O3. The van der Waals surface area contributed by atoms with Gasteiger partial charge in [0.15, 0.2) is 0 Å². The van der Waals surface area contributed by atoms with Crippen LogP contribution in [0, 0.1) is 17.8 Å². The second kappa shape index (κ2) is 16.9. The van der Waals surface area contributed by atoms with Crippen molar-refractivity contribution in [2.45, 2.75) is 64.2 Å². The van der Waals surface area contributed by atoms with Crippen molar-refractivity contribution in [2.75, 3.05) is 85.8 Å². The van der Waals surface area contributed by atoms with Crippen molar-refractivity contribution in [3.63, 3.8) is 0 Å². The summed E-state index contributed by atoms with van der Waals surface area (Å²) in [4.78, 5) is 17.3. The summed E-state index contributed by atoms with van der Waals surface area (Å²) in [5.41, 5.74) is 0. The van der Waals surface area contributed by atoms with Crippen molar-refractivity contribution >= 4 is 5.91 Å². The van der Waals surface area contributed by atoms with Gasteiger partial charge in [-0.2, -0.15) is 0 Å². The number of carbonyl (C=O) groups is 1. The highest BCUT2D eigenvalue weighted by atomic mass is 16.5. The average Bonchev–Trinajstić information content (AvgIpc) is 2.89. The average molecular weight is 481 g/mol. The van der Waals surface area contributed by atoms with Crippen molar-refractivity contribution < 1.29 is 14.3 Å². The molecular weight excluding hydrogens is 428 g/mol. The summed E-state index contributed by atoms with van der Waals surface area (Å²) in [5, 5.41) is 6.61. The van der Waals surface area contributed by atoms with E-state index >= 15 is 0 Å². The number of piperidine rings is 3. The Kier molecular flexibility index (Phi) is 13.8. The third-order valence-electron chi connectivity index (χ3n) is 8.33. The first-order chi connectivity index (χ1) is 16.7. The van der Waals surface area contributed by atoms with Gasteiger partial charge >= 0.3 is 0 Å². The van der Waals surface area contributed by atoms with Gasteiger partial charge in [0, 0.05) is 20.1 Å². The molecule has 2 N–H and O–H groups in total. The van der Waals surface area contributed by atoms with Crippen LogP contribution < -0.4 is 10.6 Å². The minimum Gasteiger partial charge on any atom is -0.382 e. The van der Waals surface area contributed by atoms with Crippen molar-refractivity contribution in [1.82, 2.24) is 20.4 Å². The van der Waals surface area contributed by atoms with E-state index in [1.807, 2.05) is 0 Å². The summed E-state index contributed by atoms with van der Waals surface area (Å²) in [5.74, 6) is 2.72. The Morgan fingerprint density at radius 1 is 0.824 bits per heavy atom. The fraction of sp³-hybridized carbons (Fsp3) is 0.963. The van der Waals surface area contributed by atoms with E-state index in [4.69, 9.17) is 9.47 Å². The molecule has 3 aliphatic heterocycles. The molecule has 0 radical (unpaired) electrons. The molecule has 0 unspecified atom stereocenters. The highest BCUT2D eigenvalue weighted by Crippen LogP contribution is 2.30. The van der Waals surface area contributed by atoms with Crippen molar-refractivity contribution in [3.8, 4) is 0 Å². The molecule has 0 spiro atoms. The number of nitrogens with zero attached hydrogens (tertiary/aromatic N) is 2. The molecule has 1 amide bonds. The zero-order chi connectivity index (χ0) is 23.8. The van der Waals surface area contributed by atoms with Gasteiger partial charge in [0.25, 0.3) is 0 Å². The quantitative estimate of drug-likeness (QED) is 0.352. The molecule has 198 valence electrons. The lowest BCUT2D eigenvalue weighted by molar-refractivity contribution is -0.122. The number of hydrogen-bond acceptors (Lipinski definition) is 6. The molecule has 34 heavy (non-hydrogen) atoms. The van der Waals surface area contributed by atoms with Gasteiger partial charge in [0.1, 0.15) is 0 Å². The number of likely N-dealkylation sites (tertiary alicyclic amines) is 2. The molecule has 3 aliphatic rings. The predicted molar refractivity (Wildman–Crippen MR) is 138 cm³/mol. The number of amides is 1. The number of carbonyl (C=O) groups excluding carboxylic acids is 1. The number of nitrogens with one attached hydrogen (secondary N) is 2. The van der Waals surface area contributed by atoms with Crippen LogP contribution in [0.25, 0.3) is 0 Å². The number of unbranched alkanes of at least 4 members (excludes halogenated alkanes) is 2. The molecule has 7 nitrogen and oxygen atoms in total. The molecule has 3 fully saturated rings. The minimum absolute atomic E-state index is 0.107. The van der Waals surface area contributed by atoms with Crippen LogP contribution in [-0.4, -0.2) is 102 Å².